The number of carbonyl (C=O) groups is 4. The van der Waals surface area contributed by atoms with Gasteiger partial charge in [-0.2, -0.15) is 0 Å². The summed E-state index contributed by atoms with van der Waals surface area (Å²) in [5.74, 6) is 5.47. The molecule has 10 nitrogen and oxygen atoms in total. The second kappa shape index (κ2) is 13.3. The lowest BCUT2D eigenvalue weighted by Crippen LogP contribution is -2.36. The largest absolute Gasteiger partial charge is 0.340 e. The van der Waals surface area contributed by atoms with Crippen LogP contribution < -0.4 is 0 Å². The summed E-state index contributed by atoms with van der Waals surface area (Å²) in [6.07, 6.45) is 6.41. The van der Waals surface area contributed by atoms with Gasteiger partial charge in [0.15, 0.2) is 0 Å². The average Bonchev–Trinajstić information content (AvgIpc) is 3.97. The van der Waals surface area contributed by atoms with E-state index in [0.29, 0.717) is 48.0 Å². The number of nitrogens with one attached hydrogen (secondary N) is 2. The zero-order chi connectivity index (χ0) is 33.0. The van der Waals surface area contributed by atoms with Crippen LogP contribution in [0.4, 0.5) is 0 Å². The normalized spacial score (nSPS) is 17.2. The predicted molar refractivity (Wildman–Crippen MR) is 178 cm³/mol. The summed E-state index contributed by atoms with van der Waals surface area (Å²) in [5, 5.41) is 0. The number of hydrogen-bond donors (Lipinski definition) is 2. The average molecular weight is 637 g/mol. The molecule has 2 amide bonds. The lowest BCUT2D eigenvalue weighted by atomic mass is 10.1. The van der Waals surface area contributed by atoms with E-state index in [1.54, 1.807) is 70.7 Å². The van der Waals surface area contributed by atoms with Crippen molar-refractivity contribution in [3.8, 4) is 23.1 Å². The standard InChI is InChI=1S/C38H32N6O4/c45-33(27-9-3-1-4-10-27)37(47)43-21-7-13-31(43)35-39-23-29(41-35)20-17-25-15-18-26(19-16-25)30-24-40-36(42-30)32-14-8-22-44(32)38(48)34(46)28-11-5-2-6-12-28/h1-6,9-12,15-16,18-19,23-24,31-32H,7-8,13-14,21-22H2,(H,39,41)(H,40,42)/t31-,32-/m0/s1. The highest BCUT2D eigenvalue weighted by Gasteiger charge is 2.36. The van der Waals surface area contributed by atoms with E-state index in [-0.39, 0.29) is 12.1 Å². The topological polar surface area (TPSA) is 132 Å². The number of carbonyl (C=O) groups excluding carboxylic acids is 4. The number of rotatable bonds is 7. The first kappa shape index (κ1) is 30.6. The van der Waals surface area contributed by atoms with E-state index in [2.05, 4.69) is 31.8 Å². The number of amides is 2. The smallest absolute Gasteiger partial charge is 0.295 e. The van der Waals surface area contributed by atoms with Crippen molar-refractivity contribution in [3.05, 3.63) is 131 Å². The van der Waals surface area contributed by atoms with E-state index in [1.165, 1.54) is 0 Å². The molecule has 2 aliphatic rings. The van der Waals surface area contributed by atoms with Gasteiger partial charge in [-0.15, -0.1) is 0 Å². The number of benzene rings is 3. The fourth-order valence-electron chi connectivity index (χ4n) is 6.37. The number of Topliss-reactive ketones (excluding diaryl/α,β-unsaturated/α-hetero) is 2. The molecule has 5 aromatic rings. The molecule has 2 atom stereocenters. The summed E-state index contributed by atoms with van der Waals surface area (Å²) in [6, 6.07) is 24.3. The Hall–Kier alpha value is -6.08. The van der Waals surface area contributed by atoms with Crippen LogP contribution in [-0.4, -0.2) is 66.2 Å². The molecule has 10 heteroatoms. The maximum absolute atomic E-state index is 13.1. The molecule has 2 saturated heterocycles. The van der Waals surface area contributed by atoms with Gasteiger partial charge < -0.3 is 19.8 Å². The maximum Gasteiger partial charge on any atom is 0.295 e. The van der Waals surface area contributed by atoms with Crippen molar-refractivity contribution < 1.29 is 19.2 Å². The van der Waals surface area contributed by atoms with E-state index in [9.17, 15) is 19.2 Å². The van der Waals surface area contributed by atoms with Crippen LogP contribution in [-0.2, 0) is 9.59 Å². The summed E-state index contributed by atoms with van der Waals surface area (Å²) in [6.45, 7) is 1.01. The third kappa shape index (κ3) is 6.18. The molecule has 0 unspecified atom stereocenters. The van der Waals surface area contributed by atoms with Crippen LogP contribution in [0.3, 0.4) is 0 Å². The molecule has 2 N–H and O–H groups in total. The molecule has 0 radical (unpaired) electrons. The van der Waals surface area contributed by atoms with Gasteiger partial charge in [0.05, 0.1) is 30.2 Å². The Balaban J connectivity index is 0.998. The molecule has 0 spiro atoms. The number of ketones is 2. The summed E-state index contributed by atoms with van der Waals surface area (Å²) in [4.78, 5) is 70.6. The van der Waals surface area contributed by atoms with Crippen molar-refractivity contribution in [3.63, 3.8) is 0 Å². The Bertz CT molecular complexity index is 2040. The molecule has 3 aromatic carbocycles. The number of hydrogen-bond acceptors (Lipinski definition) is 6. The van der Waals surface area contributed by atoms with E-state index in [4.69, 9.17) is 0 Å². The van der Waals surface area contributed by atoms with Gasteiger partial charge in [0.25, 0.3) is 11.8 Å². The van der Waals surface area contributed by atoms with Gasteiger partial charge in [0.1, 0.15) is 17.3 Å². The fourth-order valence-corrected chi connectivity index (χ4v) is 6.37. The Labute approximate surface area is 277 Å². The van der Waals surface area contributed by atoms with E-state index in [0.717, 1.165) is 36.1 Å². The molecule has 7 rings (SSSR count). The lowest BCUT2D eigenvalue weighted by Gasteiger charge is -2.22. The van der Waals surface area contributed by atoms with Gasteiger partial charge in [-0.05, 0) is 49.3 Å². The number of aromatic nitrogens is 4. The number of nitrogens with zero attached hydrogens (tertiary/aromatic N) is 4. The van der Waals surface area contributed by atoms with Crippen molar-refractivity contribution in [2.24, 2.45) is 0 Å². The van der Waals surface area contributed by atoms with E-state index in [1.807, 2.05) is 36.4 Å². The van der Waals surface area contributed by atoms with Gasteiger partial charge in [0, 0.05) is 29.8 Å². The molecule has 2 aliphatic heterocycles. The zero-order valence-corrected chi connectivity index (χ0v) is 26.1. The summed E-state index contributed by atoms with van der Waals surface area (Å²) in [5.41, 5.74) is 3.89. The number of imidazole rings is 2. The third-order valence-electron chi connectivity index (χ3n) is 8.85. The molecule has 0 aliphatic carbocycles. The van der Waals surface area contributed by atoms with E-state index >= 15 is 0 Å². The van der Waals surface area contributed by atoms with Crippen LogP contribution in [0, 0.1) is 11.8 Å². The van der Waals surface area contributed by atoms with Gasteiger partial charge in [-0.1, -0.05) is 78.7 Å². The molecular formula is C38H32N6O4. The van der Waals surface area contributed by atoms with Crippen LogP contribution >= 0.6 is 0 Å². The first-order valence-corrected chi connectivity index (χ1v) is 16.0. The van der Waals surface area contributed by atoms with Crippen LogP contribution in [0.15, 0.2) is 97.3 Å². The zero-order valence-electron chi connectivity index (χ0n) is 26.1. The van der Waals surface area contributed by atoms with Crippen LogP contribution in [0.5, 0.6) is 0 Å². The first-order chi connectivity index (χ1) is 23.5. The highest BCUT2D eigenvalue weighted by molar-refractivity contribution is 6.43. The number of likely N-dealkylation sites (tertiary alicyclic amines) is 2. The Morgan fingerprint density at radius 1 is 0.625 bits per heavy atom. The summed E-state index contributed by atoms with van der Waals surface area (Å²) in [7, 11) is 0. The SMILES string of the molecule is O=C(C(=O)N1CCC[C@H]1c1ncc(C#Cc2ccc(-c3cnc([C@@H]4CCCN4C(=O)C(=O)c4ccccc4)[nH]3)cc2)[nH]1)c1ccccc1. The van der Waals surface area contributed by atoms with Crippen molar-refractivity contribution in [2.45, 2.75) is 37.8 Å². The van der Waals surface area contributed by atoms with E-state index < -0.39 is 23.4 Å². The highest BCUT2D eigenvalue weighted by atomic mass is 16.2. The Morgan fingerprint density at radius 2 is 1.15 bits per heavy atom. The van der Waals surface area contributed by atoms with Gasteiger partial charge >= 0.3 is 0 Å². The van der Waals surface area contributed by atoms with Crippen molar-refractivity contribution >= 4 is 23.4 Å². The molecule has 0 bridgehead atoms. The first-order valence-electron chi connectivity index (χ1n) is 16.0. The molecule has 48 heavy (non-hydrogen) atoms. The molecule has 0 saturated carbocycles. The minimum absolute atomic E-state index is 0.290. The second-order valence-electron chi connectivity index (χ2n) is 11.9. The molecule has 4 heterocycles. The Kier molecular flexibility index (Phi) is 8.49. The molecule has 2 aromatic heterocycles. The van der Waals surface area contributed by atoms with Crippen molar-refractivity contribution in [2.75, 3.05) is 13.1 Å². The van der Waals surface area contributed by atoms with Gasteiger partial charge in [0.2, 0.25) is 11.6 Å². The van der Waals surface area contributed by atoms with Crippen LogP contribution in [0.2, 0.25) is 0 Å². The third-order valence-corrected chi connectivity index (χ3v) is 8.85. The summed E-state index contributed by atoms with van der Waals surface area (Å²) >= 11 is 0. The molecule has 238 valence electrons. The number of H-pyrrole nitrogens is 2. The quantitative estimate of drug-likeness (QED) is 0.142. The van der Waals surface area contributed by atoms with Gasteiger partial charge in [-0.3, -0.25) is 19.2 Å². The Morgan fingerprint density at radius 3 is 1.71 bits per heavy atom. The number of aromatic amines is 2. The van der Waals surface area contributed by atoms with Crippen LogP contribution in [0.25, 0.3) is 11.3 Å². The second-order valence-corrected chi connectivity index (χ2v) is 11.9. The van der Waals surface area contributed by atoms with Crippen molar-refractivity contribution in [1.29, 1.82) is 0 Å². The molecule has 2 fully saturated rings. The molecular weight excluding hydrogens is 604 g/mol. The minimum atomic E-state index is -0.524. The fraction of sp³-hybridized carbons (Fsp3) is 0.211. The van der Waals surface area contributed by atoms with Crippen molar-refractivity contribution in [1.82, 2.24) is 29.7 Å². The van der Waals surface area contributed by atoms with Gasteiger partial charge in [-0.25, -0.2) is 9.97 Å². The lowest BCUT2D eigenvalue weighted by molar-refractivity contribution is -0.128. The monoisotopic (exact) mass is 636 g/mol. The minimum Gasteiger partial charge on any atom is -0.340 e. The maximum atomic E-state index is 13.1. The summed E-state index contributed by atoms with van der Waals surface area (Å²) < 4.78 is 0. The highest BCUT2D eigenvalue weighted by Crippen LogP contribution is 2.33. The van der Waals surface area contributed by atoms with Crippen LogP contribution in [0.1, 0.15) is 81.4 Å². The predicted octanol–water partition coefficient (Wildman–Crippen LogP) is 5.29.